The van der Waals surface area contributed by atoms with Gasteiger partial charge in [-0.3, -0.25) is 9.59 Å². The van der Waals surface area contributed by atoms with Gasteiger partial charge in [0.05, 0.1) is 6.04 Å². The lowest BCUT2D eigenvalue weighted by Gasteiger charge is -2.15. The summed E-state index contributed by atoms with van der Waals surface area (Å²) in [4.78, 5) is 21.8. The van der Waals surface area contributed by atoms with Crippen LogP contribution >= 0.6 is 25.3 Å². The van der Waals surface area contributed by atoms with Crippen LogP contribution in [0.2, 0.25) is 0 Å². The van der Waals surface area contributed by atoms with Crippen LogP contribution in [0.3, 0.4) is 0 Å². The first kappa shape index (κ1) is 12.6. The van der Waals surface area contributed by atoms with Crippen LogP contribution in [0, 0.1) is 0 Å². The molecule has 0 fully saturated rings. The highest BCUT2D eigenvalue weighted by Crippen LogP contribution is 1.90. The van der Waals surface area contributed by atoms with Crippen molar-refractivity contribution in [1.29, 1.82) is 0 Å². The Kier molecular flexibility index (Phi) is 5.93. The molecule has 0 saturated carbocycles. The maximum Gasteiger partial charge on any atom is 0.240 e. The molecule has 5 N–H and O–H groups in total. The average Bonchev–Trinajstić information content (AvgIpc) is 2.11. The largest absolute Gasteiger partial charge is 0.368 e. The van der Waals surface area contributed by atoms with Crippen molar-refractivity contribution in [2.45, 2.75) is 12.1 Å². The first-order valence-electron chi connectivity index (χ1n) is 3.60. The molecule has 5 nitrogen and oxygen atoms in total. The third kappa shape index (κ3) is 4.39. The summed E-state index contributed by atoms with van der Waals surface area (Å²) in [5.41, 5.74) is 10.3. The minimum atomic E-state index is -0.776. The maximum atomic E-state index is 11.1. The van der Waals surface area contributed by atoms with Crippen LogP contribution in [-0.4, -0.2) is 35.4 Å². The molecule has 0 aliphatic heterocycles. The Bertz CT molecular complexity index is 200. The maximum absolute atomic E-state index is 11.1. The van der Waals surface area contributed by atoms with Crippen molar-refractivity contribution in [3.8, 4) is 0 Å². The predicted molar refractivity (Wildman–Crippen MR) is 56.8 cm³/mol. The summed E-state index contributed by atoms with van der Waals surface area (Å²) >= 11 is 7.69. The highest BCUT2D eigenvalue weighted by Gasteiger charge is 2.19. The number of hydrogen-bond donors (Lipinski definition) is 5. The van der Waals surface area contributed by atoms with E-state index in [0.717, 1.165) is 0 Å². The van der Waals surface area contributed by atoms with Crippen LogP contribution in [-0.2, 0) is 9.59 Å². The summed E-state index contributed by atoms with van der Waals surface area (Å²) < 4.78 is 0. The van der Waals surface area contributed by atoms with Gasteiger partial charge in [0.15, 0.2) is 0 Å². The zero-order valence-electron chi connectivity index (χ0n) is 6.93. The second-order valence-corrected chi connectivity index (χ2v) is 3.17. The van der Waals surface area contributed by atoms with E-state index in [0.29, 0.717) is 0 Å². The summed E-state index contributed by atoms with van der Waals surface area (Å²) in [6.07, 6.45) is 0. The molecule has 0 saturated heterocycles. The number of nitrogens with two attached hydrogens (primary N) is 2. The fourth-order valence-corrected chi connectivity index (χ4v) is 1.01. The van der Waals surface area contributed by atoms with Crippen molar-refractivity contribution < 1.29 is 9.59 Å². The lowest BCUT2D eigenvalue weighted by molar-refractivity contribution is -0.127. The quantitative estimate of drug-likeness (QED) is 0.354. The van der Waals surface area contributed by atoms with Crippen LogP contribution < -0.4 is 16.8 Å². The van der Waals surface area contributed by atoms with Gasteiger partial charge in [-0.15, -0.1) is 0 Å². The van der Waals surface area contributed by atoms with E-state index in [-0.39, 0.29) is 11.5 Å². The minimum absolute atomic E-state index is 0.153. The van der Waals surface area contributed by atoms with Crippen molar-refractivity contribution in [1.82, 2.24) is 5.32 Å². The van der Waals surface area contributed by atoms with Gasteiger partial charge in [0.2, 0.25) is 11.8 Å². The fraction of sp³-hybridized carbons (Fsp3) is 0.667. The molecule has 0 bridgehead atoms. The number of carbonyl (C=O) groups excluding carboxylic acids is 2. The average molecular weight is 223 g/mol. The van der Waals surface area contributed by atoms with E-state index in [2.05, 4.69) is 30.6 Å². The number of amides is 2. The Balaban J connectivity index is 4.09. The van der Waals surface area contributed by atoms with Gasteiger partial charge in [0.1, 0.15) is 6.04 Å². The highest BCUT2D eigenvalue weighted by atomic mass is 32.1. The van der Waals surface area contributed by atoms with Crippen LogP contribution in [0.4, 0.5) is 0 Å². The molecule has 2 amide bonds. The summed E-state index contributed by atoms with van der Waals surface area (Å²) in [5, 5.41) is 2.35. The van der Waals surface area contributed by atoms with Gasteiger partial charge >= 0.3 is 0 Å². The van der Waals surface area contributed by atoms with Crippen molar-refractivity contribution >= 4 is 37.1 Å². The lowest BCUT2D eigenvalue weighted by atomic mass is 10.2. The van der Waals surface area contributed by atoms with E-state index in [1.165, 1.54) is 0 Å². The van der Waals surface area contributed by atoms with E-state index < -0.39 is 23.9 Å². The molecule has 76 valence electrons. The van der Waals surface area contributed by atoms with Crippen molar-refractivity contribution in [2.24, 2.45) is 11.5 Å². The number of thiol groups is 2. The van der Waals surface area contributed by atoms with E-state index in [1.54, 1.807) is 0 Å². The number of hydrogen-bond acceptors (Lipinski definition) is 5. The van der Waals surface area contributed by atoms with Gasteiger partial charge < -0.3 is 16.8 Å². The SMILES string of the molecule is NC(=O)C(CS)NC(=O)[C@H](N)CS. The molecule has 0 radical (unpaired) electrons. The zero-order valence-corrected chi connectivity index (χ0v) is 8.72. The van der Waals surface area contributed by atoms with Gasteiger partial charge in [-0.1, -0.05) is 0 Å². The number of carbonyl (C=O) groups is 2. The molecule has 0 spiro atoms. The Morgan fingerprint density at radius 3 is 2.15 bits per heavy atom. The van der Waals surface area contributed by atoms with Crippen LogP contribution in [0.15, 0.2) is 0 Å². The van der Waals surface area contributed by atoms with Gasteiger partial charge in [-0.2, -0.15) is 25.3 Å². The second kappa shape index (κ2) is 6.11. The van der Waals surface area contributed by atoms with Gasteiger partial charge in [-0.05, 0) is 0 Å². The minimum Gasteiger partial charge on any atom is -0.368 e. The van der Waals surface area contributed by atoms with E-state index >= 15 is 0 Å². The van der Waals surface area contributed by atoms with E-state index in [9.17, 15) is 9.59 Å². The standard InChI is InChI=1S/C6H13N3O2S2/c7-3(1-12)6(11)9-4(2-13)5(8)10/h3-4,12-13H,1-2,7H2,(H2,8,10)(H,9,11)/t3-,4?/m1/s1. The van der Waals surface area contributed by atoms with Crippen molar-refractivity contribution in [2.75, 3.05) is 11.5 Å². The van der Waals surface area contributed by atoms with Gasteiger partial charge in [0, 0.05) is 11.5 Å². The second-order valence-electron chi connectivity index (χ2n) is 2.44. The van der Waals surface area contributed by atoms with Crippen LogP contribution in [0.25, 0.3) is 0 Å². The monoisotopic (exact) mass is 223 g/mol. The summed E-state index contributed by atoms with van der Waals surface area (Å²) in [5.74, 6) is -0.716. The lowest BCUT2D eigenvalue weighted by Crippen LogP contribution is -2.51. The van der Waals surface area contributed by atoms with E-state index in [4.69, 9.17) is 11.5 Å². The number of rotatable bonds is 5. The molecule has 0 aromatic rings. The molecule has 1 unspecified atom stereocenters. The summed E-state index contributed by atoms with van der Waals surface area (Å²) in [7, 11) is 0. The fourth-order valence-electron chi connectivity index (χ4n) is 0.568. The molecule has 0 aliphatic rings. The summed E-state index contributed by atoms with van der Waals surface area (Å²) in [6.45, 7) is 0. The molecule has 0 heterocycles. The molecule has 0 aliphatic carbocycles. The Hall–Kier alpha value is -0.400. The highest BCUT2D eigenvalue weighted by molar-refractivity contribution is 7.80. The third-order valence-corrected chi connectivity index (χ3v) is 2.13. The van der Waals surface area contributed by atoms with Gasteiger partial charge in [0.25, 0.3) is 0 Å². The van der Waals surface area contributed by atoms with Crippen molar-refractivity contribution in [3.05, 3.63) is 0 Å². The number of nitrogens with one attached hydrogen (secondary N) is 1. The molecule has 2 atom stereocenters. The van der Waals surface area contributed by atoms with Crippen LogP contribution in [0.1, 0.15) is 0 Å². The first-order valence-corrected chi connectivity index (χ1v) is 4.86. The Morgan fingerprint density at radius 1 is 1.31 bits per heavy atom. The summed E-state index contributed by atoms with van der Waals surface area (Å²) in [6, 6.07) is -1.51. The molecule has 7 heteroatoms. The normalized spacial score (nSPS) is 14.7. The molecular weight excluding hydrogens is 210 g/mol. The molecular formula is C6H13N3O2S2. The molecule has 0 rings (SSSR count). The van der Waals surface area contributed by atoms with E-state index in [1.807, 2.05) is 0 Å². The third-order valence-electron chi connectivity index (χ3n) is 1.38. The molecule has 0 aromatic heterocycles. The Labute approximate surface area is 87.4 Å². The Morgan fingerprint density at radius 2 is 1.85 bits per heavy atom. The van der Waals surface area contributed by atoms with Crippen molar-refractivity contribution in [3.63, 3.8) is 0 Å². The molecule has 13 heavy (non-hydrogen) atoms. The first-order chi connectivity index (χ1) is 6.02. The zero-order chi connectivity index (χ0) is 10.4. The molecule has 0 aromatic carbocycles. The smallest absolute Gasteiger partial charge is 0.240 e. The number of primary amides is 1. The van der Waals surface area contributed by atoms with Gasteiger partial charge in [-0.25, -0.2) is 0 Å². The predicted octanol–water partition coefficient (Wildman–Crippen LogP) is -1.86. The topological polar surface area (TPSA) is 98.2 Å². The van der Waals surface area contributed by atoms with Crippen LogP contribution in [0.5, 0.6) is 0 Å².